The number of halogens is 3. The van der Waals surface area contributed by atoms with Gasteiger partial charge < -0.3 is 15.2 Å². The van der Waals surface area contributed by atoms with Crippen LogP contribution in [0.2, 0.25) is 0 Å². The van der Waals surface area contributed by atoms with Crippen molar-refractivity contribution in [2.24, 2.45) is 5.73 Å². The van der Waals surface area contributed by atoms with E-state index in [1.807, 2.05) is 0 Å². The van der Waals surface area contributed by atoms with Crippen LogP contribution in [0.15, 0.2) is 6.07 Å². The molecule has 1 heterocycles. The molecule has 0 unspecified atom stereocenters. The van der Waals surface area contributed by atoms with Crippen LogP contribution < -0.4 is 10.5 Å². The highest BCUT2D eigenvalue weighted by Gasteiger charge is 2.32. The van der Waals surface area contributed by atoms with Gasteiger partial charge in [0.05, 0.1) is 24.4 Å². The Balaban J connectivity index is 3.10. The summed E-state index contributed by atoms with van der Waals surface area (Å²) in [4.78, 5) is 15.4. The van der Waals surface area contributed by atoms with Gasteiger partial charge in [-0.25, -0.2) is 0 Å². The maximum Gasteiger partial charge on any atom is 0.573 e. The van der Waals surface area contributed by atoms with Crippen molar-refractivity contribution in [2.45, 2.75) is 33.2 Å². The van der Waals surface area contributed by atoms with Crippen molar-refractivity contribution in [3.05, 3.63) is 23.0 Å². The second-order valence-electron chi connectivity index (χ2n) is 3.92. The second-order valence-corrected chi connectivity index (χ2v) is 3.92. The van der Waals surface area contributed by atoms with Gasteiger partial charge in [0.1, 0.15) is 5.75 Å². The molecule has 0 radical (unpaired) electrons. The maximum absolute atomic E-state index is 12.3. The molecule has 1 rings (SSSR count). The number of hydrogen-bond donors (Lipinski definition) is 1. The Bertz CT molecular complexity index is 490. The predicted octanol–water partition coefficient (Wildman–Crippen LogP) is 1.85. The van der Waals surface area contributed by atoms with Crippen LogP contribution in [0.5, 0.6) is 5.75 Å². The van der Waals surface area contributed by atoms with Crippen LogP contribution in [0.25, 0.3) is 0 Å². The number of carbonyl (C=O) groups excluding carboxylic acids is 1. The van der Waals surface area contributed by atoms with Crippen molar-refractivity contribution >= 4 is 5.97 Å². The first-order valence-corrected chi connectivity index (χ1v) is 5.87. The summed E-state index contributed by atoms with van der Waals surface area (Å²) in [6, 6.07) is 1.11. The van der Waals surface area contributed by atoms with Crippen molar-refractivity contribution in [2.75, 3.05) is 6.61 Å². The largest absolute Gasteiger partial charge is 0.573 e. The lowest BCUT2D eigenvalue weighted by molar-refractivity contribution is -0.274. The Morgan fingerprint density at radius 1 is 1.45 bits per heavy atom. The minimum absolute atomic E-state index is 0.0652. The van der Waals surface area contributed by atoms with Gasteiger partial charge in [0, 0.05) is 18.2 Å². The molecule has 0 atom stereocenters. The number of ether oxygens (including phenoxy) is 2. The lowest BCUT2D eigenvalue weighted by Gasteiger charge is -2.15. The second kappa shape index (κ2) is 6.56. The number of aromatic nitrogens is 1. The molecule has 0 fully saturated rings. The fourth-order valence-corrected chi connectivity index (χ4v) is 1.55. The number of esters is 1. The van der Waals surface area contributed by atoms with E-state index in [-0.39, 0.29) is 36.5 Å². The summed E-state index contributed by atoms with van der Waals surface area (Å²) in [5.41, 5.74) is 5.87. The van der Waals surface area contributed by atoms with Crippen LogP contribution in [0.3, 0.4) is 0 Å². The highest BCUT2D eigenvalue weighted by atomic mass is 19.4. The van der Waals surface area contributed by atoms with Gasteiger partial charge in [-0.2, -0.15) is 0 Å². The average molecular weight is 292 g/mol. The minimum atomic E-state index is -4.82. The number of rotatable bonds is 5. The molecule has 112 valence electrons. The first-order valence-electron chi connectivity index (χ1n) is 5.87. The number of hydrogen-bond acceptors (Lipinski definition) is 5. The zero-order valence-corrected chi connectivity index (χ0v) is 11.1. The summed E-state index contributed by atoms with van der Waals surface area (Å²) in [5, 5.41) is 0. The molecule has 0 aliphatic heterocycles. The van der Waals surface area contributed by atoms with E-state index in [1.165, 1.54) is 6.92 Å². The first-order chi connectivity index (χ1) is 9.26. The zero-order chi connectivity index (χ0) is 15.3. The van der Waals surface area contributed by atoms with Gasteiger partial charge in [0.15, 0.2) is 0 Å². The van der Waals surface area contributed by atoms with Crippen molar-refractivity contribution in [1.82, 2.24) is 4.98 Å². The third kappa shape index (κ3) is 4.69. The molecule has 0 saturated carbocycles. The Hall–Kier alpha value is -1.83. The Morgan fingerprint density at radius 2 is 2.10 bits per heavy atom. The van der Waals surface area contributed by atoms with Gasteiger partial charge in [-0.3, -0.25) is 9.78 Å². The highest BCUT2D eigenvalue weighted by molar-refractivity contribution is 5.72. The molecule has 1 aromatic rings. The molecular formula is C12H15F3N2O3. The summed E-state index contributed by atoms with van der Waals surface area (Å²) in [6.45, 7) is 3.14. The monoisotopic (exact) mass is 292 g/mol. The maximum atomic E-state index is 12.3. The van der Waals surface area contributed by atoms with E-state index in [2.05, 4.69) is 9.72 Å². The van der Waals surface area contributed by atoms with Gasteiger partial charge in [-0.1, -0.05) is 0 Å². The van der Waals surface area contributed by atoms with E-state index in [0.717, 1.165) is 6.07 Å². The van der Waals surface area contributed by atoms with E-state index in [9.17, 15) is 18.0 Å². The molecule has 5 nitrogen and oxygen atoms in total. The van der Waals surface area contributed by atoms with Gasteiger partial charge in [0.2, 0.25) is 0 Å². The molecule has 0 spiro atoms. The van der Waals surface area contributed by atoms with E-state index < -0.39 is 18.1 Å². The Labute approximate surface area is 113 Å². The Kier molecular flexibility index (Phi) is 5.32. The third-order valence-electron chi connectivity index (χ3n) is 2.43. The molecule has 0 saturated heterocycles. The first kappa shape index (κ1) is 16.2. The summed E-state index contributed by atoms with van der Waals surface area (Å²) < 4.78 is 45.6. The van der Waals surface area contributed by atoms with Crippen LogP contribution >= 0.6 is 0 Å². The molecular weight excluding hydrogens is 277 g/mol. The molecule has 1 aromatic heterocycles. The number of carbonyl (C=O) groups is 1. The molecule has 8 heteroatoms. The minimum Gasteiger partial charge on any atom is -0.466 e. The summed E-state index contributed by atoms with van der Waals surface area (Å²) in [7, 11) is 0. The normalized spacial score (nSPS) is 11.3. The third-order valence-corrected chi connectivity index (χ3v) is 2.43. The van der Waals surface area contributed by atoms with E-state index in [1.54, 1.807) is 6.92 Å². The predicted molar refractivity (Wildman–Crippen MR) is 63.9 cm³/mol. The molecule has 0 aromatic carbocycles. The molecule has 0 bridgehead atoms. The summed E-state index contributed by atoms with van der Waals surface area (Å²) in [5.74, 6) is -0.984. The van der Waals surface area contributed by atoms with Crippen molar-refractivity contribution in [3.63, 3.8) is 0 Å². The Morgan fingerprint density at radius 3 is 2.60 bits per heavy atom. The van der Waals surface area contributed by atoms with Gasteiger partial charge in [0.25, 0.3) is 0 Å². The van der Waals surface area contributed by atoms with Gasteiger partial charge in [-0.15, -0.1) is 13.2 Å². The fourth-order valence-electron chi connectivity index (χ4n) is 1.55. The zero-order valence-electron chi connectivity index (χ0n) is 11.1. The van der Waals surface area contributed by atoms with E-state index in [0.29, 0.717) is 0 Å². The number of pyridine rings is 1. The lowest BCUT2D eigenvalue weighted by atomic mass is 10.1. The van der Waals surface area contributed by atoms with E-state index in [4.69, 9.17) is 10.5 Å². The quantitative estimate of drug-likeness (QED) is 0.838. The van der Waals surface area contributed by atoms with E-state index >= 15 is 0 Å². The summed E-state index contributed by atoms with van der Waals surface area (Å²) in [6.07, 6.45) is -5.05. The smallest absolute Gasteiger partial charge is 0.466 e. The molecule has 20 heavy (non-hydrogen) atoms. The van der Waals surface area contributed by atoms with Crippen molar-refractivity contribution in [3.8, 4) is 5.75 Å². The topological polar surface area (TPSA) is 74.4 Å². The van der Waals surface area contributed by atoms with Crippen LogP contribution in [0.4, 0.5) is 13.2 Å². The van der Waals surface area contributed by atoms with Crippen molar-refractivity contribution in [1.29, 1.82) is 0 Å². The number of nitrogens with two attached hydrogens (primary N) is 1. The molecule has 0 amide bonds. The van der Waals surface area contributed by atoms with Gasteiger partial charge >= 0.3 is 12.3 Å². The van der Waals surface area contributed by atoms with Crippen molar-refractivity contribution < 1.29 is 27.4 Å². The SMILES string of the molecule is CCOC(=O)Cc1nc(CN)cc(OC(F)(F)F)c1C. The van der Waals surface area contributed by atoms with Crippen LogP contribution in [0, 0.1) is 6.92 Å². The molecule has 0 aliphatic carbocycles. The fraction of sp³-hybridized carbons (Fsp3) is 0.500. The van der Waals surface area contributed by atoms with Crippen LogP contribution in [-0.2, 0) is 22.5 Å². The van der Waals surface area contributed by atoms with Crippen LogP contribution in [0.1, 0.15) is 23.9 Å². The molecule has 2 N–H and O–H groups in total. The number of nitrogens with zero attached hydrogens (tertiary/aromatic N) is 1. The summed E-state index contributed by atoms with van der Waals surface area (Å²) >= 11 is 0. The lowest BCUT2D eigenvalue weighted by Crippen LogP contribution is -2.20. The average Bonchev–Trinajstić information content (AvgIpc) is 2.32. The van der Waals surface area contributed by atoms with Gasteiger partial charge in [-0.05, 0) is 13.8 Å². The standard InChI is InChI=1S/C12H15F3N2O3/c1-3-19-11(18)5-9-7(2)10(20-12(13,14)15)4-8(6-16)17-9/h4H,3,5-6,16H2,1-2H3. The number of alkyl halides is 3. The highest BCUT2D eigenvalue weighted by Crippen LogP contribution is 2.28. The molecule has 0 aliphatic rings. The van der Waals surface area contributed by atoms with Crippen LogP contribution in [-0.4, -0.2) is 23.9 Å².